The van der Waals surface area contributed by atoms with Gasteiger partial charge in [-0.05, 0) is 44.9 Å². The maximum absolute atomic E-state index is 13.2. The van der Waals surface area contributed by atoms with Crippen LogP contribution in [0.2, 0.25) is 0 Å². The summed E-state index contributed by atoms with van der Waals surface area (Å²) >= 11 is 0. The Bertz CT molecular complexity index is 668. The molecule has 6 heteroatoms. The number of ether oxygens (including phenoxy) is 1. The topological polar surface area (TPSA) is 58.2 Å². The van der Waals surface area contributed by atoms with Gasteiger partial charge in [0.05, 0.1) is 23.2 Å². The standard InChI is InChI=1S/C15H18FN3O2/c1-9(2)21-15(20)19-7-3-4-13(19)14-17-11-6-5-10(16)8-12(11)18-14/h5-6,8-9,13H,3-4,7H2,1-2H3,(H,17,18)/t13-/m0/s1. The summed E-state index contributed by atoms with van der Waals surface area (Å²) in [5, 5.41) is 0. The molecule has 1 fully saturated rings. The van der Waals surface area contributed by atoms with Crippen LogP contribution in [0.1, 0.15) is 38.6 Å². The van der Waals surface area contributed by atoms with Crippen LogP contribution < -0.4 is 0 Å². The molecule has 1 aliphatic rings. The zero-order chi connectivity index (χ0) is 15.0. The number of halogens is 1. The van der Waals surface area contributed by atoms with Crippen LogP contribution in [0.25, 0.3) is 11.0 Å². The van der Waals surface area contributed by atoms with Gasteiger partial charge in [0.2, 0.25) is 0 Å². The van der Waals surface area contributed by atoms with Crippen molar-refractivity contribution in [1.29, 1.82) is 0 Å². The summed E-state index contributed by atoms with van der Waals surface area (Å²) in [6.07, 6.45) is 1.27. The molecule has 1 aliphatic heterocycles. The first-order valence-electron chi connectivity index (χ1n) is 7.17. The van der Waals surface area contributed by atoms with E-state index in [1.54, 1.807) is 11.0 Å². The number of likely N-dealkylation sites (tertiary alicyclic amines) is 1. The van der Waals surface area contributed by atoms with Crippen LogP contribution in [-0.2, 0) is 4.74 Å². The molecule has 0 bridgehead atoms. The Morgan fingerprint density at radius 1 is 1.52 bits per heavy atom. The molecule has 0 unspecified atom stereocenters. The lowest BCUT2D eigenvalue weighted by Crippen LogP contribution is -2.33. The maximum Gasteiger partial charge on any atom is 0.410 e. The molecule has 1 N–H and O–H groups in total. The number of H-pyrrole nitrogens is 1. The summed E-state index contributed by atoms with van der Waals surface area (Å²) in [6.45, 7) is 4.31. The highest BCUT2D eigenvalue weighted by Gasteiger charge is 2.33. The monoisotopic (exact) mass is 291 g/mol. The Morgan fingerprint density at radius 2 is 2.33 bits per heavy atom. The third kappa shape index (κ3) is 2.70. The molecule has 1 aromatic carbocycles. The highest BCUT2D eigenvalue weighted by Crippen LogP contribution is 2.32. The van der Waals surface area contributed by atoms with E-state index >= 15 is 0 Å². The van der Waals surface area contributed by atoms with Gasteiger partial charge in [0, 0.05) is 6.54 Å². The molecular weight excluding hydrogens is 273 g/mol. The average Bonchev–Trinajstić information content (AvgIpc) is 3.02. The van der Waals surface area contributed by atoms with Gasteiger partial charge in [0.1, 0.15) is 11.6 Å². The average molecular weight is 291 g/mol. The molecule has 5 nitrogen and oxygen atoms in total. The summed E-state index contributed by atoms with van der Waals surface area (Å²) in [5.41, 5.74) is 1.35. The molecule has 1 atom stereocenters. The minimum atomic E-state index is -0.320. The molecule has 0 radical (unpaired) electrons. The van der Waals surface area contributed by atoms with Crippen molar-refractivity contribution in [2.75, 3.05) is 6.54 Å². The van der Waals surface area contributed by atoms with Crippen molar-refractivity contribution in [2.45, 2.75) is 38.8 Å². The molecule has 21 heavy (non-hydrogen) atoms. The highest BCUT2D eigenvalue weighted by molar-refractivity contribution is 5.75. The number of aromatic amines is 1. The Kier molecular flexibility index (Phi) is 3.53. The minimum absolute atomic E-state index is 0.133. The van der Waals surface area contributed by atoms with Gasteiger partial charge in [0.25, 0.3) is 0 Å². The van der Waals surface area contributed by atoms with Crippen LogP contribution in [0.15, 0.2) is 18.2 Å². The molecule has 0 aliphatic carbocycles. The van der Waals surface area contributed by atoms with Gasteiger partial charge < -0.3 is 9.72 Å². The van der Waals surface area contributed by atoms with Gasteiger partial charge in [-0.3, -0.25) is 4.90 Å². The van der Waals surface area contributed by atoms with Crippen LogP contribution >= 0.6 is 0 Å². The second-order valence-electron chi connectivity index (χ2n) is 5.57. The Labute approximate surface area is 122 Å². The number of benzene rings is 1. The smallest absolute Gasteiger partial charge is 0.410 e. The fourth-order valence-electron chi connectivity index (χ4n) is 2.70. The largest absolute Gasteiger partial charge is 0.447 e. The van der Waals surface area contributed by atoms with Gasteiger partial charge in [-0.1, -0.05) is 0 Å². The number of nitrogens with one attached hydrogen (secondary N) is 1. The number of fused-ring (bicyclic) bond motifs is 1. The van der Waals surface area contributed by atoms with Gasteiger partial charge >= 0.3 is 6.09 Å². The SMILES string of the molecule is CC(C)OC(=O)N1CCC[C@H]1c1nc2ccc(F)cc2[nH]1. The second-order valence-corrected chi connectivity index (χ2v) is 5.57. The van der Waals surface area contributed by atoms with E-state index in [1.165, 1.54) is 12.1 Å². The van der Waals surface area contributed by atoms with Crippen LogP contribution in [0.4, 0.5) is 9.18 Å². The van der Waals surface area contributed by atoms with Crippen LogP contribution in [0.3, 0.4) is 0 Å². The van der Waals surface area contributed by atoms with Gasteiger partial charge in [-0.15, -0.1) is 0 Å². The van der Waals surface area contributed by atoms with Gasteiger partial charge in [0.15, 0.2) is 0 Å². The molecule has 2 aromatic rings. The van der Waals surface area contributed by atoms with Crippen molar-refractivity contribution in [1.82, 2.24) is 14.9 Å². The number of nitrogens with zero attached hydrogens (tertiary/aromatic N) is 2. The number of hydrogen-bond donors (Lipinski definition) is 1. The minimum Gasteiger partial charge on any atom is -0.447 e. The summed E-state index contributed by atoms with van der Waals surface area (Å²) < 4.78 is 18.5. The van der Waals surface area contributed by atoms with Crippen LogP contribution in [-0.4, -0.2) is 33.6 Å². The fraction of sp³-hybridized carbons (Fsp3) is 0.467. The predicted octanol–water partition coefficient (Wildman–Crippen LogP) is 3.38. The molecule has 112 valence electrons. The van der Waals surface area contributed by atoms with E-state index in [1.807, 2.05) is 13.8 Å². The van der Waals surface area contributed by atoms with Gasteiger partial charge in [-0.25, -0.2) is 14.2 Å². The van der Waals surface area contributed by atoms with E-state index in [0.29, 0.717) is 23.4 Å². The first-order valence-corrected chi connectivity index (χ1v) is 7.17. The second kappa shape index (κ2) is 5.35. The van der Waals surface area contributed by atoms with E-state index < -0.39 is 0 Å². The number of aromatic nitrogens is 2. The molecule has 1 saturated heterocycles. The lowest BCUT2D eigenvalue weighted by molar-refractivity contribution is 0.0722. The van der Waals surface area contributed by atoms with Gasteiger partial charge in [-0.2, -0.15) is 0 Å². The van der Waals surface area contributed by atoms with Crippen molar-refractivity contribution < 1.29 is 13.9 Å². The number of rotatable bonds is 2. The Balaban J connectivity index is 1.88. The van der Waals surface area contributed by atoms with E-state index in [2.05, 4.69) is 9.97 Å². The predicted molar refractivity (Wildman–Crippen MR) is 76.3 cm³/mol. The molecule has 0 spiro atoms. The van der Waals surface area contributed by atoms with Crippen LogP contribution in [0.5, 0.6) is 0 Å². The lowest BCUT2D eigenvalue weighted by atomic mass is 10.2. The summed E-state index contributed by atoms with van der Waals surface area (Å²) in [6, 6.07) is 4.30. The first-order chi connectivity index (χ1) is 10.0. The number of imidazole rings is 1. The summed E-state index contributed by atoms with van der Waals surface area (Å²) in [5.74, 6) is 0.383. The zero-order valence-corrected chi connectivity index (χ0v) is 12.1. The van der Waals surface area contributed by atoms with Crippen LogP contribution in [0, 0.1) is 5.82 Å². The summed E-state index contributed by atoms with van der Waals surface area (Å²) in [7, 11) is 0. The highest BCUT2D eigenvalue weighted by atomic mass is 19.1. The number of carbonyl (C=O) groups is 1. The lowest BCUT2D eigenvalue weighted by Gasteiger charge is -2.23. The van der Waals surface area contributed by atoms with E-state index in [-0.39, 0.29) is 24.1 Å². The number of hydrogen-bond acceptors (Lipinski definition) is 3. The number of carbonyl (C=O) groups excluding carboxylic acids is 1. The Hall–Kier alpha value is -2.11. The third-order valence-electron chi connectivity index (χ3n) is 3.60. The third-order valence-corrected chi connectivity index (χ3v) is 3.60. The molecule has 1 amide bonds. The van der Waals surface area contributed by atoms with Crippen molar-refractivity contribution in [2.24, 2.45) is 0 Å². The van der Waals surface area contributed by atoms with Crippen molar-refractivity contribution in [3.05, 3.63) is 29.8 Å². The molecular formula is C15H18FN3O2. The fourth-order valence-corrected chi connectivity index (χ4v) is 2.70. The molecule has 0 saturated carbocycles. The normalized spacial score (nSPS) is 18.7. The van der Waals surface area contributed by atoms with Crippen molar-refractivity contribution in [3.63, 3.8) is 0 Å². The van der Waals surface area contributed by atoms with Crippen molar-refractivity contribution >= 4 is 17.1 Å². The summed E-state index contributed by atoms with van der Waals surface area (Å²) in [4.78, 5) is 21.4. The Morgan fingerprint density at radius 3 is 3.10 bits per heavy atom. The molecule has 2 heterocycles. The molecule has 3 rings (SSSR count). The number of amides is 1. The quantitative estimate of drug-likeness (QED) is 0.922. The maximum atomic E-state index is 13.2. The van der Waals surface area contributed by atoms with E-state index in [4.69, 9.17) is 4.74 Å². The van der Waals surface area contributed by atoms with E-state index in [9.17, 15) is 9.18 Å². The molecule has 1 aromatic heterocycles. The van der Waals surface area contributed by atoms with Crippen molar-refractivity contribution in [3.8, 4) is 0 Å². The first kappa shape index (κ1) is 13.9. The van der Waals surface area contributed by atoms with E-state index in [0.717, 1.165) is 12.8 Å². The zero-order valence-electron chi connectivity index (χ0n) is 12.1.